The van der Waals surface area contributed by atoms with Gasteiger partial charge in [-0.25, -0.2) is 4.68 Å². The summed E-state index contributed by atoms with van der Waals surface area (Å²) in [5.74, 6) is -0.149. The van der Waals surface area contributed by atoms with Crippen LogP contribution in [0.1, 0.15) is 6.92 Å². The van der Waals surface area contributed by atoms with Gasteiger partial charge in [0.05, 0.1) is 5.69 Å². The van der Waals surface area contributed by atoms with Crippen LogP contribution in [0.4, 0.5) is 0 Å². The second-order valence-electron chi connectivity index (χ2n) is 4.44. The molecular weight excluding hydrogens is 280 g/mol. The fraction of sp³-hybridized carbons (Fsp3) is 0.308. The highest BCUT2D eigenvalue weighted by Gasteiger charge is 2.18. The summed E-state index contributed by atoms with van der Waals surface area (Å²) in [6.07, 6.45) is 0.869. The van der Waals surface area contributed by atoms with Gasteiger partial charge in [-0.2, -0.15) is 4.98 Å². The van der Waals surface area contributed by atoms with Gasteiger partial charge in [0, 0.05) is 19.1 Å². The molecule has 1 amide bonds. The lowest BCUT2D eigenvalue weighted by atomic mass is 10.3. The molecule has 2 aromatic rings. The lowest BCUT2D eigenvalue weighted by molar-refractivity contribution is -0.135. The molecule has 0 bridgehead atoms. The number of aromatic nitrogens is 3. The maximum atomic E-state index is 11.7. The molecule has 0 fully saturated rings. The zero-order valence-electron chi connectivity index (χ0n) is 11.4. The number of halogens is 1. The fourth-order valence-electron chi connectivity index (χ4n) is 1.62. The summed E-state index contributed by atoms with van der Waals surface area (Å²) >= 11 is 5.92. The van der Waals surface area contributed by atoms with Crippen LogP contribution in [-0.4, -0.2) is 45.8 Å². The molecule has 0 saturated carbocycles. The van der Waals surface area contributed by atoms with Gasteiger partial charge >= 0.3 is 6.01 Å². The maximum absolute atomic E-state index is 11.7. The molecule has 6 nitrogen and oxygen atoms in total. The summed E-state index contributed by atoms with van der Waals surface area (Å²) in [4.78, 5) is 17.2. The van der Waals surface area contributed by atoms with E-state index >= 15 is 0 Å². The molecule has 0 N–H and O–H groups in total. The minimum Gasteiger partial charge on any atom is -0.449 e. The van der Waals surface area contributed by atoms with E-state index in [-0.39, 0.29) is 11.9 Å². The Morgan fingerprint density at radius 1 is 1.45 bits per heavy atom. The molecule has 7 heteroatoms. The summed E-state index contributed by atoms with van der Waals surface area (Å²) in [5.41, 5.74) is 0.770. The lowest BCUT2D eigenvalue weighted by Gasteiger charge is -2.16. The van der Waals surface area contributed by atoms with Gasteiger partial charge in [0.2, 0.25) is 0 Å². The summed E-state index contributed by atoms with van der Waals surface area (Å²) < 4.78 is 6.94. The van der Waals surface area contributed by atoms with E-state index in [4.69, 9.17) is 16.3 Å². The number of ether oxygens (including phenoxy) is 1. The zero-order valence-corrected chi connectivity index (χ0v) is 12.2. The van der Waals surface area contributed by atoms with Crippen LogP contribution < -0.4 is 4.74 Å². The first-order valence-corrected chi connectivity index (χ1v) is 6.40. The van der Waals surface area contributed by atoms with Gasteiger partial charge in [-0.1, -0.05) is 17.7 Å². The molecule has 0 saturated heterocycles. The van der Waals surface area contributed by atoms with Crippen molar-refractivity contribution in [1.82, 2.24) is 19.7 Å². The van der Waals surface area contributed by atoms with Crippen LogP contribution in [0.2, 0.25) is 5.02 Å². The first-order valence-electron chi connectivity index (χ1n) is 6.03. The van der Waals surface area contributed by atoms with Crippen LogP contribution in [0.15, 0.2) is 30.6 Å². The minimum absolute atomic E-state index is 0.146. The van der Waals surface area contributed by atoms with Crippen molar-refractivity contribution >= 4 is 17.5 Å². The average Bonchev–Trinajstić information content (AvgIpc) is 2.86. The fourth-order valence-corrected chi connectivity index (χ4v) is 1.80. The molecule has 106 valence electrons. The number of carbonyl (C=O) groups is 1. The number of carbonyl (C=O) groups excluding carboxylic acids is 1. The van der Waals surface area contributed by atoms with E-state index in [1.807, 2.05) is 12.1 Å². The third-order valence-corrected chi connectivity index (χ3v) is 2.85. The van der Waals surface area contributed by atoms with Crippen molar-refractivity contribution in [2.45, 2.75) is 13.0 Å². The van der Waals surface area contributed by atoms with E-state index in [0.29, 0.717) is 5.02 Å². The third kappa shape index (κ3) is 3.27. The van der Waals surface area contributed by atoms with Crippen LogP contribution in [0.5, 0.6) is 6.01 Å². The molecule has 0 aliphatic heterocycles. The molecule has 0 aliphatic rings. The van der Waals surface area contributed by atoms with Crippen molar-refractivity contribution in [2.75, 3.05) is 14.1 Å². The molecule has 0 radical (unpaired) electrons. The van der Waals surface area contributed by atoms with Gasteiger partial charge in [0.15, 0.2) is 6.10 Å². The lowest BCUT2D eigenvalue weighted by Crippen LogP contribution is -2.35. The molecule has 1 unspecified atom stereocenters. The van der Waals surface area contributed by atoms with Gasteiger partial charge in [-0.3, -0.25) is 4.79 Å². The predicted octanol–water partition coefficient (Wildman–Crippen LogP) is 1.78. The van der Waals surface area contributed by atoms with Crippen LogP contribution in [0, 0.1) is 0 Å². The van der Waals surface area contributed by atoms with Crippen LogP contribution in [0.25, 0.3) is 5.69 Å². The Bertz CT molecular complexity index is 612. The van der Waals surface area contributed by atoms with Crippen LogP contribution in [0.3, 0.4) is 0 Å². The van der Waals surface area contributed by atoms with Gasteiger partial charge in [0.1, 0.15) is 6.33 Å². The number of hydrogen-bond donors (Lipinski definition) is 0. The maximum Gasteiger partial charge on any atom is 0.336 e. The van der Waals surface area contributed by atoms with Crippen molar-refractivity contribution in [1.29, 1.82) is 0 Å². The molecule has 1 heterocycles. The molecule has 0 aliphatic carbocycles. The third-order valence-electron chi connectivity index (χ3n) is 2.61. The van der Waals surface area contributed by atoms with Gasteiger partial charge < -0.3 is 9.64 Å². The zero-order chi connectivity index (χ0) is 14.7. The second-order valence-corrected chi connectivity index (χ2v) is 4.88. The van der Waals surface area contributed by atoms with Gasteiger partial charge in [-0.05, 0) is 25.1 Å². The summed E-state index contributed by atoms with van der Waals surface area (Å²) in [5, 5.41) is 4.77. The first kappa shape index (κ1) is 14.3. The highest BCUT2D eigenvalue weighted by molar-refractivity contribution is 6.30. The van der Waals surface area contributed by atoms with E-state index in [0.717, 1.165) is 5.69 Å². The highest BCUT2D eigenvalue weighted by atomic mass is 35.5. The largest absolute Gasteiger partial charge is 0.449 e. The second kappa shape index (κ2) is 5.92. The number of rotatable bonds is 4. The van der Waals surface area contributed by atoms with E-state index in [2.05, 4.69) is 10.1 Å². The minimum atomic E-state index is -0.639. The summed E-state index contributed by atoms with van der Waals surface area (Å²) in [6, 6.07) is 7.34. The van der Waals surface area contributed by atoms with E-state index in [1.54, 1.807) is 33.2 Å². The number of hydrogen-bond acceptors (Lipinski definition) is 4. The molecule has 1 atom stereocenters. The van der Waals surface area contributed by atoms with E-state index in [9.17, 15) is 4.79 Å². The Balaban J connectivity index is 2.12. The van der Waals surface area contributed by atoms with Crippen molar-refractivity contribution in [3.8, 4) is 11.7 Å². The molecule has 0 spiro atoms. The normalized spacial score (nSPS) is 12.0. The molecular formula is C13H15ClN4O2. The number of nitrogens with zero attached hydrogens (tertiary/aromatic N) is 4. The predicted molar refractivity (Wildman–Crippen MR) is 75.2 cm³/mol. The average molecular weight is 295 g/mol. The smallest absolute Gasteiger partial charge is 0.336 e. The number of benzene rings is 1. The molecule has 1 aromatic heterocycles. The standard InChI is InChI=1S/C13H15ClN4O2/c1-9(12(19)17(2)3)20-13-15-8-18(16-13)11-6-4-5-10(14)7-11/h4-9H,1-3H3. The van der Waals surface area contributed by atoms with Crippen LogP contribution >= 0.6 is 11.6 Å². The Kier molecular flexibility index (Phi) is 4.24. The number of amides is 1. The van der Waals surface area contributed by atoms with Gasteiger partial charge in [0.25, 0.3) is 5.91 Å². The Morgan fingerprint density at radius 2 is 2.20 bits per heavy atom. The number of likely N-dealkylation sites (N-methyl/N-ethyl adjacent to an activating group) is 1. The molecule has 2 rings (SSSR count). The summed E-state index contributed by atoms with van der Waals surface area (Å²) in [7, 11) is 3.33. The molecule has 1 aromatic carbocycles. The van der Waals surface area contributed by atoms with E-state index < -0.39 is 6.10 Å². The van der Waals surface area contributed by atoms with Gasteiger partial charge in [-0.15, -0.1) is 5.10 Å². The molecule has 20 heavy (non-hydrogen) atoms. The Hall–Kier alpha value is -2.08. The van der Waals surface area contributed by atoms with E-state index in [1.165, 1.54) is 15.9 Å². The Morgan fingerprint density at radius 3 is 2.85 bits per heavy atom. The van der Waals surface area contributed by atoms with Crippen LogP contribution in [-0.2, 0) is 4.79 Å². The van der Waals surface area contributed by atoms with Crippen molar-refractivity contribution in [3.05, 3.63) is 35.6 Å². The van der Waals surface area contributed by atoms with Crippen molar-refractivity contribution < 1.29 is 9.53 Å². The van der Waals surface area contributed by atoms with Crippen molar-refractivity contribution in [3.63, 3.8) is 0 Å². The highest BCUT2D eigenvalue weighted by Crippen LogP contribution is 2.15. The SMILES string of the molecule is CC(Oc1ncn(-c2cccc(Cl)c2)n1)C(=O)N(C)C. The van der Waals surface area contributed by atoms with Crippen molar-refractivity contribution in [2.24, 2.45) is 0 Å². The Labute approximate surface area is 121 Å². The quantitative estimate of drug-likeness (QED) is 0.862. The monoisotopic (exact) mass is 294 g/mol. The summed E-state index contributed by atoms with van der Waals surface area (Å²) in [6.45, 7) is 1.66. The first-order chi connectivity index (χ1) is 9.47. The topological polar surface area (TPSA) is 60.2 Å².